The first-order chi connectivity index (χ1) is 20.3. The van der Waals surface area contributed by atoms with Crippen LogP contribution in [-0.2, 0) is 9.53 Å². The molecule has 11 nitrogen and oxygen atoms in total. The average molecular weight is 604 g/mol. The number of carbonyl (C=O) groups excluding carboxylic acids is 2. The molecule has 222 valence electrons. The topological polar surface area (TPSA) is 148 Å². The number of aromatic amines is 1. The zero-order chi connectivity index (χ0) is 31.5. The van der Waals surface area contributed by atoms with Crippen molar-refractivity contribution in [3.63, 3.8) is 0 Å². The summed E-state index contributed by atoms with van der Waals surface area (Å²) in [5, 5.41) is 15.2. The third kappa shape index (κ3) is 6.88. The molecule has 0 radical (unpaired) electrons. The monoisotopic (exact) mass is 603 g/mol. The minimum Gasteiger partial charge on any atom is -0.495 e. The van der Waals surface area contributed by atoms with Crippen LogP contribution in [0, 0.1) is 11.3 Å². The molecule has 0 aliphatic rings. The van der Waals surface area contributed by atoms with Gasteiger partial charge in [-0.2, -0.15) is 9.94 Å². The molecule has 0 bridgehead atoms. The first kappa shape index (κ1) is 30.9. The number of H-pyrrole nitrogens is 1. The molecule has 12 heteroatoms. The summed E-state index contributed by atoms with van der Waals surface area (Å²) < 4.78 is 13.2. The second-order valence-corrected chi connectivity index (χ2v) is 11.1. The van der Waals surface area contributed by atoms with E-state index in [2.05, 4.69) is 16.5 Å². The minimum atomic E-state index is -0.882. The second-order valence-electron chi connectivity index (χ2n) is 10.6. The quantitative estimate of drug-likeness (QED) is 0.280. The van der Waals surface area contributed by atoms with Gasteiger partial charge >= 0.3 is 6.09 Å². The minimum absolute atomic E-state index is 0.288. The highest BCUT2D eigenvalue weighted by Crippen LogP contribution is 2.33. The summed E-state index contributed by atoms with van der Waals surface area (Å²) >= 11 is 6.15. The Morgan fingerprint density at radius 2 is 1.77 bits per heavy atom. The molecule has 1 unspecified atom stereocenters. The fraction of sp³-hybridized carbons (Fsp3) is 0.258. The van der Waals surface area contributed by atoms with Crippen molar-refractivity contribution in [2.75, 3.05) is 12.4 Å². The van der Waals surface area contributed by atoms with E-state index in [1.54, 1.807) is 70.2 Å². The lowest BCUT2D eigenvalue weighted by Crippen LogP contribution is -2.32. The number of nitrogens with zero attached hydrogens (tertiary/aromatic N) is 3. The van der Waals surface area contributed by atoms with Crippen LogP contribution in [0.1, 0.15) is 45.7 Å². The number of anilines is 1. The Balaban J connectivity index is 1.60. The zero-order valence-corrected chi connectivity index (χ0v) is 25.0. The van der Waals surface area contributed by atoms with Crippen molar-refractivity contribution < 1.29 is 19.1 Å². The van der Waals surface area contributed by atoms with Crippen molar-refractivity contribution in [1.29, 1.82) is 5.26 Å². The standard InChI is InChI=1S/C31H30ClN5O6/c1-6-24(36-17-26(42-5)23(14-28(36)39)22-13-20(32)10-7-19(22)16-33)29(40)34-21-11-8-18(9-12-21)25-15-27(38)35-37(25)30(41)43-31(2,3)4/h7-15,17,24H,6H2,1-5H3,(H,34,40)(H,35,38). The predicted octanol–water partition coefficient (Wildman–Crippen LogP) is 5.58. The number of hydrogen-bond donors (Lipinski definition) is 2. The van der Waals surface area contributed by atoms with Gasteiger partial charge in [0.2, 0.25) is 5.91 Å². The molecular weight excluding hydrogens is 574 g/mol. The van der Waals surface area contributed by atoms with Gasteiger partial charge in [0.15, 0.2) is 0 Å². The number of benzene rings is 2. The number of ether oxygens (including phenoxy) is 2. The molecule has 2 aromatic carbocycles. The highest BCUT2D eigenvalue weighted by molar-refractivity contribution is 6.31. The van der Waals surface area contributed by atoms with Gasteiger partial charge in [0.05, 0.1) is 30.6 Å². The SMILES string of the molecule is CCC(C(=O)Nc1ccc(-c2cc(=O)[nH]n2C(=O)OC(C)(C)C)cc1)n1cc(OC)c(-c2cc(Cl)ccc2C#N)cc1=O. The molecule has 4 rings (SSSR count). The fourth-order valence-corrected chi connectivity index (χ4v) is 4.67. The lowest BCUT2D eigenvalue weighted by molar-refractivity contribution is -0.119. The average Bonchev–Trinajstić information content (AvgIpc) is 3.35. The summed E-state index contributed by atoms with van der Waals surface area (Å²) in [6.45, 7) is 6.92. The number of pyridine rings is 1. The number of hydrogen-bond acceptors (Lipinski definition) is 7. The molecule has 1 amide bonds. The number of amides is 1. The molecule has 0 spiro atoms. The maximum Gasteiger partial charge on any atom is 0.434 e. The van der Waals surface area contributed by atoms with Crippen LogP contribution in [0.3, 0.4) is 0 Å². The van der Waals surface area contributed by atoms with Crippen molar-refractivity contribution in [2.24, 2.45) is 0 Å². The van der Waals surface area contributed by atoms with Crippen molar-refractivity contribution in [1.82, 2.24) is 14.3 Å². The summed E-state index contributed by atoms with van der Waals surface area (Å²) in [6.07, 6.45) is 0.996. The van der Waals surface area contributed by atoms with Gasteiger partial charge in [-0.15, -0.1) is 0 Å². The van der Waals surface area contributed by atoms with E-state index in [0.717, 1.165) is 4.68 Å². The third-order valence-electron chi connectivity index (χ3n) is 6.44. The highest BCUT2D eigenvalue weighted by atomic mass is 35.5. The number of rotatable bonds is 7. The molecule has 0 saturated heterocycles. The lowest BCUT2D eigenvalue weighted by atomic mass is 10.00. The molecule has 0 aliphatic carbocycles. The van der Waals surface area contributed by atoms with Gasteiger partial charge in [-0.05, 0) is 57.5 Å². The van der Waals surface area contributed by atoms with Gasteiger partial charge in [0.25, 0.3) is 11.1 Å². The fourth-order valence-electron chi connectivity index (χ4n) is 4.50. The van der Waals surface area contributed by atoms with E-state index in [9.17, 15) is 24.4 Å². The van der Waals surface area contributed by atoms with Crippen LogP contribution in [0.4, 0.5) is 10.5 Å². The molecule has 0 fully saturated rings. The Morgan fingerprint density at radius 3 is 2.37 bits per heavy atom. The Bertz CT molecular complexity index is 1840. The highest BCUT2D eigenvalue weighted by Gasteiger charge is 2.24. The molecule has 1 atom stereocenters. The number of methoxy groups -OCH3 is 1. The van der Waals surface area contributed by atoms with E-state index in [0.29, 0.717) is 45.1 Å². The van der Waals surface area contributed by atoms with Crippen molar-refractivity contribution >= 4 is 29.3 Å². The molecular formula is C31H30ClN5O6. The number of nitrogens with one attached hydrogen (secondary N) is 2. The molecule has 0 saturated carbocycles. The number of nitriles is 1. The Kier molecular flexibility index (Phi) is 8.92. The maximum atomic E-state index is 13.3. The Morgan fingerprint density at radius 1 is 1.07 bits per heavy atom. The summed E-state index contributed by atoms with van der Waals surface area (Å²) in [4.78, 5) is 51.2. The summed E-state index contributed by atoms with van der Waals surface area (Å²) in [5.74, 6) is -0.156. The molecule has 4 aromatic rings. The van der Waals surface area contributed by atoms with E-state index >= 15 is 0 Å². The van der Waals surface area contributed by atoms with E-state index < -0.39 is 34.8 Å². The van der Waals surface area contributed by atoms with Gasteiger partial charge in [-0.1, -0.05) is 30.7 Å². The first-order valence-electron chi connectivity index (χ1n) is 13.3. The molecule has 43 heavy (non-hydrogen) atoms. The Hall–Kier alpha value is -5.08. The van der Waals surface area contributed by atoms with Crippen molar-refractivity contribution in [3.8, 4) is 34.2 Å². The van der Waals surface area contributed by atoms with Crippen LogP contribution in [0.25, 0.3) is 22.4 Å². The van der Waals surface area contributed by atoms with Gasteiger partial charge in [0, 0.05) is 39.5 Å². The van der Waals surface area contributed by atoms with E-state index in [1.807, 2.05) is 0 Å². The molecule has 2 aromatic heterocycles. The molecule has 2 N–H and O–H groups in total. The third-order valence-corrected chi connectivity index (χ3v) is 6.67. The molecule has 0 aliphatic heterocycles. The van der Waals surface area contributed by atoms with Gasteiger partial charge in [0.1, 0.15) is 17.4 Å². The van der Waals surface area contributed by atoms with E-state index in [4.69, 9.17) is 21.1 Å². The van der Waals surface area contributed by atoms with Gasteiger partial charge < -0.3 is 14.8 Å². The summed E-state index contributed by atoms with van der Waals surface area (Å²) in [5.41, 5.74) is 0.681. The van der Waals surface area contributed by atoms with Gasteiger partial charge in [-0.3, -0.25) is 24.0 Å². The molecule has 2 heterocycles. The van der Waals surface area contributed by atoms with Crippen LogP contribution in [0.15, 0.2) is 70.4 Å². The van der Waals surface area contributed by atoms with Crippen LogP contribution < -0.4 is 21.2 Å². The van der Waals surface area contributed by atoms with Crippen LogP contribution in [-0.4, -0.2) is 39.1 Å². The maximum absolute atomic E-state index is 13.3. The van der Waals surface area contributed by atoms with Crippen LogP contribution in [0.5, 0.6) is 5.75 Å². The number of carbonyl (C=O) groups is 2. The van der Waals surface area contributed by atoms with Crippen LogP contribution in [0.2, 0.25) is 5.02 Å². The summed E-state index contributed by atoms with van der Waals surface area (Å²) in [6, 6.07) is 15.0. The summed E-state index contributed by atoms with van der Waals surface area (Å²) in [7, 11) is 1.43. The smallest absolute Gasteiger partial charge is 0.434 e. The normalized spacial score (nSPS) is 11.8. The van der Waals surface area contributed by atoms with E-state index in [-0.39, 0.29) is 5.75 Å². The predicted molar refractivity (Wildman–Crippen MR) is 162 cm³/mol. The van der Waals surface area contributed by atoms with Crippen LogP contribution >= 0.6 is 11.6 Å². The van der Waals surface area contributed by atoms with Crippen molar-refractivity contribution in [2.45, 2.75) is 45.8 Å². The van der Waals surface area contributed by atoms with Crippen molar-refractivity contribution in [3.05, 3.63) is 92.1 Å². The zero-order valence-electron chi connectivity index (χ0n) is 24.2. The largest absolute Gasteiger partial charge is 0.495 e. The number of aromatic nitrogens is 3. The van der Waals surface area contributed by atoms with Gasteiger partial charge in [-0.25, -0.2) is 4.79 Å². The first-order valence-corrected chi connectivity index (χ1v) is 13.7. The Labute approximate surface area is 252 Å². The lowest BCUT2D eigenvalue weighted by Gasteiger charge is -2.20. The second kappa shape index (κ2) is 12.4. The van der Waals surface area contributed by atoms with E-state index in [1.165, 1.54) is 30.0 Å². The number of halogens is 1.